The predicted molar refractivity (Wildman–Crippen MR) is 82.0 cm³/mol. The van der Waals surface area contributed by atoms with Crippen LogP contribution in [0.2, 0.25) is 0 Å². The third-order valence-corrected chi connectivity index (χ3v) is 6.74. The van der Waals surface area contributed by atoms with Crippen molar-refractivity contribution in [3.05, 3.63) is 16.1 Å². The van der Waals surface area contributed by atoms with Gasteiger partial charge in [-0.05, 0) is 13.8 Å². The molecule has 0 aliphatic carbocycles. The Morgan fingerprint density at radius 1 is 1.45 bits per heavy atom. The molecule has 1 aromatic heterocycles. The number of hydrogen-bond donors (Lipinski definition) is 0. The van der Waals surface area contributed by atoms with Gasteiger partial charge in [-0.1, -0.05) is 0 Å². The molecular formula is C13H19N3O4S2. The minimum atomic E-state index is -3.26. The summed E-state index contributed by atoms with van der Waals surface area (Å²) >= 11 is 1.54. The fourth-order valence-corrected chi connectivity index (χ4v) is 4.63. The number of aryl methyl sites for hydroxylation is 1. The van der Waals surface area contributed by atoms with Crippen LogP contribution in [0.25, 0.3) is 0 Å². The van der Waals surface area contributed by atoms with E-state index in [-0.39, 0.29) is 30.4 Å². The van der Waals surface area contributed by atoms with Crippen LogP contribution in [0.5, 0.6) is 0 Å². The molecule has 0 N–H and O–H groups in total. The quantitative estimate of drug-likeness (QED) is 0.779. The molecule has 9 heteroatoms. The van der Waals surface area contributed by atoms with Crippen LogP contribution >= 0.6 is 11.3 Å². The monoisotopic (exact) mass is 345 g/mol. The molecule has 1 amide bonds. The number of sulfonamides is 1. The van der Waals surface area contributed by atoms with Crippen LogP contribution in [0.4, 0.5) is 0 Å². The number of nitrogens with zero attached hydrogens (tertiary/aromatic N) is 3. The number of amides is 1. The van der Waals surface area contributed by atoms with Crippen molar-refractivity contribution in [3.8, 4) is 0 Å². The molecule has 2 fully saturated rings. The van der Waals surface area contributed by atoms with Crippen LogP contribution in [0.3, 0.4) is 0 Å². The normalized spacial score (nSPS) is 26.5. The third kappa shape index (κ3) is 2.90. The standard InChI is InChI=1S/C13H19N3O4S2/c1-3-22(18,19)15-5-11-12(6-15)20-7-13(17)16(11)4-10-8-21-9(2)14-10/h8,11-12H,3-7H2,1-2H3/t11-,12-/m1/s1. The zero-order valence-corrected chi connectivity index (χ0v) is 14.2. The van der Waals surface area contributed by atoms with Gasteiger partial charge in [-0.2, -0.15) is 4.31 Å². The maximum absolute atomic E-state index is 12.2. The van der Waals surface area contributed by atoms with E-state index in [4.69, 9.17) is 4.74 Å². The van der Waals surface area contributed by atoms with Crippen molar-refractivity contribution in [1.82, 2.24) is 14.2 Å². The summed E-state index contributed by atoms with van der Waals surface area (Å²) in [6.45, 7) is 4.58. The fraction of sp³-hybridized carbons (Fsp3) is 0.692. The second-order valence-corrected chi connectivity index (χ2v) is 8.83. The molecule has 2 aliphatic heterocycles. The highest BCUT2D eigenvalue weighted by atomic mass is 32.2. The van der Waals surface area contributed by atoms with Crippen LogP contribution < -0.4 is 0 Å². The summed E-state index contributed by atoms with van der Waals surface area (Å²) in [7, 11) is -3.26. The van der Waals surface area contributed by atoms with Crippen LogP contribution in [0.15, 0.2) is 5.38 Å². The molecule has 7 nitrogen and oxygen atoms in total. The van der Waals surface area contributed by atoms with Crippen LogP contribution in [0, 0.1) is 6.92 Å². The van der Waals surface area contributed by atoms with Gasteiger partial charge in [0.05, 0.1) is 35.1 Å². The Labute approximate surface area is 133 Å². The maximum Gasteiger partial charge on any atom is 0.249 e. The number of carbonyl (C=O) groups is 1. The average Bonchev–Trinajstić information content (AvgIpc) is 3.08. The van der Waals surface area contributed by atoms with Gasteiger partial charge < -0.3 is 9.64 Å². The van der Waals surface area contributed by atoms with Gasteiger partial charge >= 0.3 is 0 Å². The van der Waals surface area contributed by atoms with E-state index in [9.17, 15) is 13.2 Å². The highest BCUT2D eigenvalue weighted by Crippen LogP contribution is 2.27. The number of fused-ring (bicyclic) bond motifs is 1. The molecule has 2 saturated heterocycles. The predicted octanol–water partition coefficient (Wildman–Crippen LogP) is 0.213. The number of morpholine rings is 1. The zero-order chi connectivity index (χ0) is 15.9. The molecule has 3 rings (SSSR count). The number of ether oxygens (including phenoxy) is 1. The lowest BCUT2D eigenvalue weighted by atomic mass is 10.1. The first-order chi connectivity index (χ1) is 10.4. The topological polar surface area (TPSA) is 79.8 Å². The second kappa shape index (κ2) is 5.88. The number of aromatic nitrogens is 1. The summed E-state index contributed by atoms with van der Waals surface area (Å²) in [5, 5.41) is 2.89. The van der Waals surface area contributed by atoms with Gasteiger partial charge in [0.25, 0.3) is 0 Å². The molecule has 3 heterocycles. The summed E-state index contributed by atoms with van der Waals surface area (Å²) in [6, 6.07) is -0.232. The Morgan fingerprint density at radius 2 is 2.23 bits per heavy atom. The SMILES string of the molecule is CCS(=O)(=O)N1C[C@@H]2[C@@H](C1)OCC(=O)N2Cc1csc(C)n1. The summed E-state index contributed by atoms with van der Waals surface area (Å²) in [5.74, 6) is -0.0475. The van der Waals surface area contributed by atoms with Crippen LogP contribution in [0.1, 0.15) is 17.6 Å². The molecule has 2 atom stereocenters. The fourth-order valence-electron chi connectivity index (χ4n) is 2.90. The Balaban J connectivity index is 1.79. The summed E-state index contributed by atoms with van der Waals surface area (Å²) in [5.41, 5.74) is 0.841. The van der Waals surface area contributed by atoms with Crippen molar-refractivity contribution in [2.45, 2.75) is 32.5 Å². The minimum absolute atomic E-state index is 0.00426. The third-order valence-electron chi connectivity index (χ3n) is 4.10. The molecule has 0 aromatic carbocycles. The first kappa shape index (κ1) is 15.9. The Morgan fingerprint density at radius 3 is 2.86 bits per heavy atom. The van der Waals surface area contributed by atoms with Gasteiger partial charge in [-0.25, -0.2) is 13.4 Å². The summed E-state index contributed by atoms with van der Waals surface area (Å²) in [4.78, 5) is 18.3. The number of carbonyl (C=O) groups excluding carboxylic acids is 1. The van der Waals surface area contributed by atoms with Crippen molar-refractivity contribution in [2.75, 3.05) is 25.4 Å². The first-order valence-corrected chi connectivity index (χ1v) is 9.69. The van der Waals surface area contributed by atoms with E-state index < -0.39 is 10.0 Å². The van der Waals surface area contributed by atoms with Gasteiger partial charge in [0.15, 0.2) is 0 Å². The Bertz CT molecular complexity index is 673. The van der Waals surface area contributed by atoms with Gasteiger partial charge in [0.1, 0.15) is 6.61 Å². The maximum atomic E-state index is 12.2. The highest BCUT2D eigenvalue weighted by molar-refractivity contribution is 7.89. The Hall–Kier alpha value is -1.03. The molecule has 0 spiro atoms. The molecule has 1 aromatic rings. The van der Waals surface area contributed by atoms with E-state index in [0.29, 0.717) is 19.6 Å². The van der Waals surface area contributed by atoms with Gasteiger partial charge in [-0.3, -0.25) is 4.79 Å². The molecule has 0 unspecified atom stereocenters. The largest absolute Gasteiger partial charge is 0.365 e. The van der Waals surface area contributed by atoms with Crippen molar-refractivity contribution >= 4 is 27.3 Å². The lowest BCUT2D eigenvalue weighted by Crippen LogP contribution is -2.53. The molecule has 0 radical (unpaired) electrons. The number of rotatable bonds is 4. The molecule has 0 saturated carbocycles. The minimum Gasteiger partial charge on any atom is -0.365 e. The lowest BCUT2D eigenvalue weighted by molar-refractivity contribution is -0.154. The Kier molecular flexibility index (Phi) is 4.23. The molecule has 22 heavy (non-hydrogen) atoms. The smallest absolute Gasteiger partial charge is 0.249 e. The molecule has 2 aliphatic rings. The van der Waals surface area contributed by atoms with Crippen LogP contribution in [-0.4, -0.2) is 66.1 Å². The van der Waals surface area contributed by atoms with Crippen LogP contribution in [-0.2, 0) is 26.1 Å². The average molecular weight is 345 g/mol. The first-order valence-electron chi connectivity index (χ1n) is 7.20. The molecule has 0 bridgehead atoms. The van der Waals surface area contributed by atoms with E-state index in [1.165, 1.54) is 4.31 Å². The van der Waals surface area contributed by atoms with E-state index in [1.54, 1.807) is 23.2 Å². The van der Waals surface area contributed by atoms with Crippen molar-refractivity contribution in [1.29, 1.82) is 0 Å². The van der Waals surface area contributed by atoms with Crippen molar-refractivity contribution < 1.29 is 17.9 Å². The van der Waals surface area contributed by atoms with E-state index in [2.05, 4.69) is 4.98 Å². The molecular weight excluding hydrogens is 326 g/mol. The van der Waals surface area contributed by atoms with Crippen molar-refractivity contribution in [2.24, 2.45) is 0 Å². The van der Waals surface area contributed by atoms with Gasteiger partial charge in [-0.15, -0.1) is 11.3 Å². The number of hydrogen-bond acceptors (Lipinski definition) is 6. The van der Waals surface area contributed by atoms with E-state index in [1.807, 2.05) is 12.3 Å². The van der Waals surface area contributed by atoms with Gasteiger partial charge in [0.2, 0.25) is 15.9 Å². The lowest BCUT2D eigenvalue weighted by Gasteiger charge is -2.36. The van der Waals surface area contributed by atoms with Gasteiger partial charge in [0, 0.05) is 18.5 Å². The van der Waals surface area contributed by atoms with E-state index >= 15 is 0 Å². The number of thiazole rings is 1. The molecule has 122 valence electrons. The van der Waals surface area contributed by atoms with E-state index in [0.717, 1.165) is 10.7 Å². The van der Waals surface area contributed by atoms with Crippen molar-refractivity contribution in [3.63, 3.8) is 0 Å². The summed E-state index contributed by atoms with van der Waals surface area (Å²) in [6.07, 6.45) is -0.251. The zero-order valence-electron chi connectivity index (χ0n) is 12.6. The second-order valence-electron chi connectivity index (χ2n) is 5.51. The highest BCUT2D eigenvalue weighted by Gasteiger charge is 2.46. The summed E-state index contributed by atoms with van der Waals surface area (Å²) < 4.78 is 31.1.